The van der Waals surface area contributed by atoms with Gasteiger partial charge in [0.2, 0.25) is 11.2 Å². The minimum absolute atomic E-state index is 0.656. The van der Waals surface area contributed by atoms with Crippen molar-refractivity contribution in [3.8, 4) is 11.3 Å². The monoisotopic (exact) mass is 354 g/mol. The maximum Gasteiger partial charge on any atom is 0.213 e. The molecule has 0 aliphatic heterocycles. The first-order valence-electron chi connectivity index (χ1n) is 9.87. The van der Waals surface area contributed by atoms with Crippen LogP contribution in [0.3, 0.4) is 0 Å². The molecule has 136 valence electrons. The second-order valence-corrected chi connectivity index (χ2v) is 8.14. The van der Waals surface area contributed by atoms with E-state index in [1.807, 2.05) is 0 Å². The highest BCUT2D eigenvalue weighted by Crippen LogP contribution is 2.33. The van der Waals surface area contributed by atoms with Gasteiger partial charge >= 0.3 is 0 Å². The number of aryl methyl sites for hydroxylation is 2. The van der Waals surface area contributed by atoms with E-state index in [0.717, 1.165) is 6.42 Å². The quantitative estimate of drug-likeness (QED) is 0.380. The Morgan fingerprint density at radius 2 is 1.63 bits per heavy atom. The van der Waals surface area contributed by atoms with Crippen molar-refractivity contribution in [1.29, 1.82) is 0 Å². The fraction of sp³-hybridized carbons (Fsp3) is 0.269. The lowest BCUT2D eigenvalue weighted by atomic mass is 9.92. The summed E-state index contributed by atoms with van der Waals surface area (Å²) in [4.78, 5) is 0. The number of nitrogens with zero attached hydrogens (tertiary/aromatic N) is 1. The Balaban J connectivity index is 2.03. The van der Waals surface area contributed by atoms with E-state index < -0.39 is 0 Å². The zero-order chi connectivity index (χ0) is 19.1. The smallest absolute Gasteiger partial charge is 0.194 e. The average Bonchev–Trinajstić information content (AvgIpc) is 2.64. The van der Waals surface area contributed by atoms with Gasteiger partial charge in [0.15, 0.2) is 0 Å². The van der Waals surface area contributed by atoms with Crippen LogP contribution >= 0.6 is 0 Å². The summed E-state index contributed by atoms with van der Waals surface area (Å²) in [7, 11) is 2.20. The van der Waals surface area contributed by atoms with E-state index in [4.69, 9.17) is 0 Å². The zero-order valence-corrected chi connectivity index (χ0v) is 17.0. The van der Waals surface area contributed by atoms with Crippen LogP contribution in [0.1, 0.15) is 30.5 Å². The van der Waals surface area contributed by atoms with Gasteiger partial charge < -0.3 is 0 Å². The maximum absolute atomic E-state index is 2.37. The molecular formula is C26H28N+. The van der Waals surface area contributed by atoms with Crippen molar-refractivity contribution >= 4 is 21.7 Å². The largest absolute Gasteiger partial charge is 0.213 e. The molecule has 0 bridgehead atoms. The molecule has 4 rings (SSSR count). The summed E-state index contributed by atoms with van der Waals surface area (Å²) >= 11 is 0. The van der Waals surface area contributed by atoms with Crippen molar-refractivity contribution in [1.82, 2.24) is 0 Å². The Bertz CT molecular complexity index is 1150. The molecule has 27 heavy (non-hydrogen) atoms. The summed E-state index contributed by atoms with van der Waals surface area (Å²) in [5.41, 5.74) is 8.08. The Labute approximate surface area is 162 Å². The molecule has 0 unspecified atom stereocenters. The molecule has 3 aromatic carbocycles. The van der Waals surface area contributed by atoms with Gasteiger partial charge in [-0.15, -0.1) is 0 Å². The van der Waals surface area contributed by atoms with Gasteiger partial charge in [-0.05, 0) is 59.7 Å². The van der Waals surface area contributed by atoms with Crippen molar-refractivity contribution in [3.63, 3.8) is 0 Å². The lowest BCUT2D eigenvalue weighted by Crippen LogP contribution is -2.32. The average molecular weight is 355 g/mol. The topological polar surface area (TPSA) is 3.88 Å². The molecule has 0 radical (unpaired) electrons. The van der Waals surface area contributed by atoms with Gasteiger partial charge in [0.1, 0.15) is 7.05 Å². The molecule has 4 aromatic rings. The molecule has 0 saturated heterocycles. The van der Waals surface area contributed by atoms with Crippen LogP contribution < -0.4 is 4.57 Å². The van der Waals surface area contributed by atoms with Crippen LogP contribution in [0.15, 0.2) is 60.7 Å². The number of pyridine rings is 1. The summed E-state index contributed by atoms with van der Waals surface area (Å²) in [6, 6.07) is 22.4. The van der Waals surface area contributed by atoms with E-state index in [2.05, 4.69) is 100.0 Å². The minimum Gasteiger partial charge on any atom is -0.194 e. The number of rotatable bonds is 3. The minimum atomic E-state index is 0.656. The van der Waals surface area contributed by atoms with E-state index in [-0.39, 0.29) is 0 Å². The molecule has 0 saturated carbocycles. The molecule has 0 aliphatic rings. The first-order chi connectivity index (χ1) is 13.0. The van der Waals surface area contributed by atoms with Gasteiger partial charge in [-0.2, -0.15) is 4.57 Å². The Hall–Kier alpha value is -2.67. The highest BCUT2D eigenvalue weighted by molar-refractivity contribution is 5.98. The van der Waals surface area contributed by atoms with Gasteiger partial charge in [0.25, 0.3) is 0 Å². The first-order valence-corrected chi connectivity index (χ1v) is 9.87. The number of fused-ring (bicyclic) bond motifs is 2. The highest BCUT2D eigenvalue weighted by Gasteiger charge is 2.20. The van der Waals surface area contributed by atoms with Crippen molar-refractivity contribution in [2.45, 2.75) is 34.1 Å². The zero-order valence-electron chi connectivity index (χ0n) is 17.0. The molecule has 1 heteroatoms. The Kier molecular flexibility index (Phi) is 4.47. The van der Waals surface area contributed by atoms with Crippen molar-refractivity contribution in [3.05, 3.63) is 77.4 Å². The molecule has 1 heterocycles. The van der Waals surface area contributed by atoms with Crippen LogP contribution in [0, 0.1) is 19.8 Å². The molecule has 0 aliphatic carbocycles. The van der Waals surface area contributed by atoms with Crippen LogP contribution in [-0.4, -0.2) is 0 Å². The third kappa shape index (κ3) is 3.02. The fourth-order valence-corrected chi connectivity index (χ4v) is 4.28. The van der Waals surface area contributed by atoms with Crippen molar-refractivity contribution in [2.24, 2.45) is 13.0 Å². The second kappa shape index (κ2) is 6.81. The Morgan fingerprint density at radius 1 is 0.852 bits per heavy atom. The van der Waals surface area contributed by atoms with E-state index in [1.165, 1.54) is 49.6 Å². The number of hydrogen-bond acceptors (Lipinski definition) is 0. The van der Waals surface area contributed by atoms with E-state index in [0.29, 0.717) is 5.92 Å². The van der Waals surface area contributed by atoms with Gasteiger partial charge in [-0.3, -0.25) is 0 Å². The third-order valence-electron chi connectivity index (χ3n) is 5.76. The van der Waals surface area contributed by atoms with Crippen LogP contribution in [0.25, 0.3) is 32.9 Å². The molecule has 0 atom stereocenters. The predicted molar refractivity (Wildman–Crippen MR) is 116 cm³/mol. The lowest BCUT2D eigenvalue weighted by Gasteiger charge is -2.14. The van der Waals surface area contributed by atoms with Crippen LogP contribution in [-0.2, 0) is 13.5 Å². The van der Waals surface area contributed by atoms with Crippen LogP contribution in [0.4, 0.5) is 0 Å². The second-order valence-electron chi connectivity index (χ2n) is 8.14. The molecule has 0 fully saturated rings. The molecule has 1 aromatic heterocycles. The third-order valence-corrected chi connectivity index (χ3v) is 5.76. The molecular weight excluding hydrogens is 326 g/mol. The van der Waals surface area contributed by atoms with Gasteiger partial charge in [0, 0.05) is 17.5 Å². The fourth-order valence-electron chi connectivity index (χ4n) is 4.28. The van der Waals surface area contributed by atoms with E-state index in [9.17, 15) is 0 Å². The van der Waals surface area contributed by atoms with Gasteiger partial charge in [-0.25, -0.2) is 0 Å². The number of hydrogen-bond donors (Lipinski definition) is 0. The first kappa shape index (κ1) is 17.7. The molecule has 0 amide bonds. The van der Waals surface area contributed by atoms with Crippen molar-refractivity contribution in [2.75, 3.05) is 0 Å². The summed E-state index contributed by atoms with van der Waals surface area (Å²) in [5.74, 6) is 0.656. The SMILES string of the molecule is Cc1cc2ccccc2c(-c2ccc3c(CC(C)C)cccc3[n+]2C)c1C. The normalized spacial score (nSPS) is 11.6. The highest BCUT2D eigenvalue weighted by atomic mass is 14.9. The van der Waals surface area contributed by atoms with Crippen LogP contribution in [0.2, 0.25) is 0 Å². The van der Waals surface area contributed by atoms with Crippen LogP contribution in [0.5, 0.6) is 0 Å². The molecule has 0 N–H and O–H groups in total. The summed E-state index contributed by atoms with van der Waals surface area (Å²) in [5, 5.41) is 4.00. The summed E-state index contributed by atoms with van der Waals surface area (Å²) in [6.07, 6.45) is 1.11. The van der Waals surface area contributed by atoms with Crippen molar-refractivity contribution < 1.29 is 4.57 Å². The molecule has 1 nitrogen and oxygen atoms in total. The number of benzene rings is 3. The van der Waals surface area contributed by atoms with Gasteiger partial charge in [0.05, 0.1) is 5.56 Å². The summed E-state index contributed by atoms with van der Waals surface area (Å²) < 4.78 is 2.37. The standard InChI is InChI=1S/C26H28N/c1-17(2)15-20-10-8-12-24-22(20)13-14-25(27(24)5)26-19(4)18(3)16-21-9-6-7-11-23(21)26/h6-14,16-17H,15H2,1-5H3/q+1. The number of aromatic nitrogens is 1. The summed E-state index contributed by atoms with van der Waals surface area (Å²) in [6.45, 7) is 9.04. The van der Waals surface area contributed by atoms with E-state index in [1.54, 1.807) is 0 Å². The molecule has 0 spiro atoms. The van der Waals surface area contributed by atoms with Gasteiger partial charge in [-0.1, -0.05) is 56.3 Å². The maximum atomic E-state index is 2.37. The van der Waals surface area contributed by atoms with E-state index >= 15 is 0 Å². The lowest BCUT2D eigenvalue weighted by molar-refractivity contribution is -0.633. The predicted octanol–water partition coefficient (Wildman–Crippen LogP) is 6.30. The Morgan fingerprint density at radius 3 is 2.41 bits per heavy atom.